The molecular weight excluding hydrogens is 436 g/mol. The summed E-state index contributed by atoms with van der Waals surface area (Å²) in [6.45, 7) is 0.637. The molecular formula is C18H15Cl4NO4. The van der Waals surface area contributed by atoms with Gasteiger partial charge >= 0.3 is 5.97 Å². The number of rotatable bonds is 9. The summed E-state index contributed by atoms with van der Waals surface area (Å²) in [5.74, 6) is 0.343. The van der Waals surface area contributed by atoms with Crippen LogP contribution >= 0.6 is 46.4 Å². The van der Waals surface area contributed by atoms with Gasteiger partial charge in [0.25, 0.3) is 0 Å². The van der Waals surface area contributed by atoms with E-state index in [1.165, 1.54) is 12.3 Å². The van der Waals surface area contributed by atoms with Gasteiger partial charge in [-0.2, -0.15) is 0 Å². The van der Waals surface area contributed by atoms with Crippen LogP contribution in [0, 0.1) is 0 Å². The number of carbonyl (C=O) groups excluding carboxylic acids is 1. The molecule has 1 aromatic heterocycles. The fourth-order valence-corrected chi connectivity index (χ4v) is 2.63. The molecule has 0 aliphatic carbocycles. The second-order valence-corrected chi connectivity index (χ2v) is 6.92. The highest BCUT2D eigenvalue weighted by Crippen LogP contribution is 2.37. The van der Waals surface area contributed by atoms with Gasteiger partial charge in [0.05, 0.1) is 28.8 Å². The first-order chi connectivity index (χ1) is 13.0. The lowest BCUT2D eigenvalue weighted by atomic mass is 10.3. The maximum absolute atomic E-state index is 11.8. The van der Waals surface area contributed by atoms with Gasteiger partial charge < -0.3 is 14.2 Å². The number of esters is 1. The Hall–Kier alpha value is -1.66. The van der Waals surface area contributed by atoms with Gasteiger partial charge in [0.15, 0.2) is 5.75 Å². The van der Waals surface area contributed by atoms with E-state index in [2.05, 4.69) is 4.98 Å². The van der Waals surface area contributed by atoms with Crippen LogP contribution in [0.3, 0.4) is 0 Å². The van der Waals surface area contributed by atoms with E-state index in [0.717, 1.165) is 0 Å². The molecule has 0 N–H and O–H groups in total. The number of halogens is 4. The van der Waals surface area contributed by atoms with Crippen LogP contribution in [0.2, 0.25) is 10.0 Å². The number of carbonyl (C=O) groups is 1. The topological polar surface area (TPSA) is 57.7 Å². The molecule has 0 aliphatic rings. The van der Waals surface area contributed by atoms with Crippen molar-refractivity contribution in [1.82, 2.24) is 4.98 Å². The Balaban J connectivity index is 1.78. The molecule has 0 spiro atoms. The molecule has 0 saturated carbocycles. The number of hydrogen-bond acceptors (Lipinski definition) is 5. The summed E-state index contributed by atoms with van der Waals surface area (Å²) in [5.41, 5.74) is 0.394. The van der Waals surface area contributed by atoms with Gasteiger partial charge in [-0.05, 0) is 18.2 Å². The van der Waals surface area contributed by atoms with Crippen LogP contribution in [0.5, 0.6) is 11.5 Å². The van der Waals surface area contributed by atoms with Gasteiger partial charge in [0.1, 0.15) is 16.8 Å². The van der Waals surface area contributed by atoms with Gasteiger partial charge in [0, 0.05) is 30.9 Å². The minimum Gasteiger partial charge on any atom is -0.490 e. The highest BCUT2D eigenvalue weighted by Gasteiger charge is 2.11. The Morgan fingerprint density at radius 2 is 1.85 bits per heavy atom. The fraction of sp³-hybridized carbons (Fsp3) is 0.222. The van der Waals surface area contributed by atoms with E-state index in [9.17, 15) is 4.79 Å². The molecule has 0 fully saturated rings. The zero-order valence-electron chi connectivity index (χ0n) is 14.0. The van der Waals surface area contributed by atoms with Gasteiger partial charge in [-0.3, -0.25) is 4.98 Å². The number of ether oxygens (including phenoxy) is 3. The lowest BCUT2D eigenvalue weighted by Crippen LogP contribution is -2.09. The Morgan fingerprint density at radius 1 is 1.11 bits per heavy atom. The molecule has 0 atom stereocenters. The van der Waals surface area contributed by atoms with E-state index >= 15 is 0 Å². The molecule has 0 aliphatic heterocycles. The van der Waals surface area contributed by atoms with Crippen molar-refractivity contribution in [2.75, 3.05) is 19.8 Å². The molecule has 0 unspecified atom stereocenters. The third-order valence-electron chi connectivity index (χ3n) is 3.12. The summed E-state index contributed by atoms with van der Waals surface area (Å²) in [7, 11) is 0. The number of benzene rings is 1. The highest BCUT2D eigenvalue weighted by atomic mass is 35.5. The van der Waals surface area contributed by atoms with Crippen LogP contribution in [0.1, 0.15) is 16.8 Å². The first-order valence-electron chi connectivity index (χ1n) is 7.80. The van der Waals surface area contributed by atoms with Crippen molar-refractivity contribution >= 4 is 52.4 Å². The van der Waals surface area contributed by atoms with Gasteiger partial charge in [-0.1, -0.05) is 46.4 Å². The van der Waals surface area contributed by atoms with E-state index in [1.807, 2.05) is 0 Å². The molecule has 2 aromatic rings. The van der Waals surface area contributed by atoms with Crippen molar-refractivity contribution in [3.8, 4) is 11.5 Å². The summed E-state index contributed by atoms with van der Waals surface area (Å²) in [6.07, 6.45) is 4.98. The van der Waals surface area contributed by atoms with Gasteiger partial charge in [-0.25, -0.2) is 4.79 Å². The first kappa shape index (κ1) is 21.6. The van der Waals surface area contributed by atoms with Gasteiger partial charge in [-0.15, -0.1) is 0 Å². The zero-order valence-corrected chi connectivity index (χ0v) is 17.0. The lowest BCUT2D eigenvalue weighted by molar-refractivity contribution is 0.0485. The van der Waals surface area contributed by atoms with Crippen LogP contribution in [0.4, 0.5) is 0 Å². The van der Waals surface area contributed by atoms with Crippen molar-refractivity contribution in [1.29, 1.82) is 0 Å². The average molecular weight is 451 g/mol. The molecule has 0 radical (unpaired) electrons. The molecule has 0 bridgehead atoms. The molecule has 5 nitrogen and oxygen atoms in total. The van der Waals surface area contributed by atoms with E-state index in [-0.39, 0.29) is 24.3 Å². The smallest absolute Gasteiger partial charge is 0.339 e. The van der Waals surface area contributed by atoms with E-state index in [4.69, 9.17) is 60.6 Å². The molecule has 144 valence electrons. The standard InChI is InChI=1S/C18H15Cl4NO4/c19-14-9-13(25-8-4-16(21)22)10-15(20)17(14)26-6-2-7-27-18(24)12-3-1-5-23-11-12/h1,3-5,9-11H,2,6-8H2. The summed E-state index contributed by atoms with van der Waals surface area (Å²) in [5, 5.41) is 0.594. The third-order valence-corrected chi connectivity index (χ3v) is 4.00. The van der Waals surface area contributed by atoms with Crippen molar-refractivity contribution in [2.45, 2.75) is 6.42 Å². The molecule has 1 heterocycles. The molecule has 9 heteroatoms. The third kappa shape index (κ3) is 7.46. The van der Waals surface area contributed by atoms with E-state index in [0.29, 0.717) is 33.5 Å². The maximum atomic E-state index is 11.8. The first-order valence-corrected chi connectivity index (χ1v) is 9.31. The Kier molecular flexibility index (Phi) is 9.01. The maximum Gasteiger partial charge on any atom is 0.339 e. The minimum atomic E-state index is -0.438. The van der Waals surface area contributed by atoms with E-state index < -0.39 is 5.97 Å². The summed E-state index contributed by atoms with van der Waals surface area (Å²) in [4.78, 5) is 15.6. The largest absolute Gasteiger partial charge is 0.490 e. The van der Waals surface area contributed by atoms with Crippen LogP contribution in [0.25, 0.3) is 0 Å². The number of pyridine rings is 1. The molecule has 27 heavy (non-hydrogen) atoms. The number of aromatic nitrogens is 1. The minimum absolute atomic E-state index is 0.108. The van der Waals surface area contributed by atoms with E-state index in [1.54, 1.807) is 30.5 Å². The fourth-order valence-electron chi connectivity index (χ4n) is 1.92. The normalized spacial score (nSPS) is 10.2. The number of nitrogens with zero attached hydrogens (tertiary/aromatic N) is 1. The monoisotopic (exact) mass is 449 g/mol. The zero-order chi connectivity index (χ0) is 19.6. The van der Waals surface area contributed by atoms with Crippen molar-refractivity contribution in [2.24, 2.45) is 0 Å². The molecule has 0 amide bonds. The predicted octanol–water partition coefficient (Wildman–Crippen LogP) is 5.71. The van der Waals surface area contributed by atoms with Crippen molar-refractivity contribution in [3.63, 3.8) is 0 Å². The molecule has 2 rings (SSSR count). The van der Waals surface area contributed by atoms with Crippen LogP contribution in [-0.2, 0) is 4.74 Å². The quantitative estimate of drug-likeness (QED) is 0.361. The van der Waals surface area contributed by atoms with Crippen LogP contribution in [-0.4, -0.2) is 30.8 Å². The summed E-state index contributed by atoms with van der Waals surface area (Å²) in [6, 6.07) is 6.44. The van der Waals surface area contributed by atoms with Crippen molar-refractivity contribution in [3.05, 3.63) is 62.8 Å². The Labute approximate surface area is 176 Å². The highest BCUT2D eigenvalue weighted by molar-refractivity contribution is 6.55. The summed E-state index contributed by atoms with van der Waals surface area (Å²) < 4.78 is 16.2. The molecule has 0 saturated heterocycles. The van der Waals surface area contributed by atoms with Crippen LogP contribution < -0.4 is 9.47 Å². The second-order valence-electron chi connectivity index (χ2n) is 5.10. The Bertz CT molecular complexity index is 772. The lowest BCUT2D eigenvalue weighted by Gasteiger charge is -2.12. The van der Waals surface area contributed by atoms with Crippen LogP contribution in [0.15, 0.2) is 47.2 Å². The van der Waals surface area contributed by atoms with Crippen molar-refractivity contribution < 1.29 is 19.0 Å². The van der Waals surface area contributed by atoms with Gasteiger partial charge in [0.2, 0.25) is 0 Å². The molecule has 1 aromatic carbocycles. The number of hydrogen-bond donors (Lipinski definition) is 0. The second kappa shape index (κ2) is 11.2. The predicted molar refractivity (Wildman–Crippen MR) is 106 cm³/mol. The Morgan fingerprint density at radius 3 is 2.48 bits per heavy atom. The summed E-state index contributed by atoms with van der Waals surface area (Å²) >= 11 is 23.4. The SMILES string of the molecule is O=C(OCCCOc1c(Cl)cc(OCC=C(Cl)Cl)cc1Cl)c1cccnc1. The average Bonchev–Trinajstić information content (AvgIpc) is 2.63.